The van der Waals surface area contributed by atoms with Crippen molar-refractivity contribution >= 4 is 44.5 Å². The van der Waals surface area contributed by atoms with E-state index in [4.69, 9.17) is 16.6 Å². The molecule has 4 rings (SSSR count). The highest BCUT2D eigenvalue weighted by atomic mass is 79.9. The minimum atomic E-state index is -0.115. The zero-order valence-corrected chi connectivity index (χ0v) is 18.0. The van der Waals surface area contributed by atoms with Crippen LogP contribution in [-0.2, 0) is 13.0 Å². The van der Waals surface area contributed by atoms with E-state index in [1.54, 1.807) is 24.3 Å². The van der Waals surface area contributed by atoms with Gasteiger partial charge < -0.3 is 9.88 Å². The predicted octanol–water partition coefficient (Wildman–Crippen LogP) is 5.47. The summed E-state index contributed by atoms with van der Waals surface area (Å²) in [6.07, 6.45) is 0.641. The Kier molecular flexibility index (Phi) is 5.97. The van der Waals surface area contributed by atoms with Crippen molar-refractivity contribution in [3.8, 4) is 0 Å². The number of imidazole rings is 1. The highest BCUT2D eigenvalue weighted by molar-refractivity contribution is 9.10. The average molecular weight is 469 g/mol. The first-order chi connectivity index (χ1) is 14.1. The van der Waals surface area contributed by atoms with E-state index in [0.29, 0.717) is 23.6 Å². The third-order valence-electron chi connectivity index (χ3n) is 4.70. The SMILES string of the molecule is O=C(NCCc1nc2ccccc2n1Cc1cccc(Br)c1)c1ccc(Cl)cc1. The molecule has 146 valence electrons. The molecule has 0 fully saturated rings. The number of carbonyl (C=O) groups excluding carboxylic acids is 1. The monoisotopic (exact) mass is 467 g/mol. The van der Waals surface area contributed by atoms with Gasteiger partial charge in [-0.2, -0.15) is 0 Å². The highest BCUT2D eigenvalue weighted by Gasteiger charge is 2.12. The van der Waals surface area contributed by atoms with Gasteiger partial charge in [0.2, 0.25) is 0 Å². The van der Waals surface area contributed by atoms with E-state index in [9.17, 15) is 4.79 Å². The molecule has 1 N–H and O–H groups in total. The summed E-state index contributed by atoms with van der Waals surface area (Å²) in [4.78, 5) is 17.1. The summed E-state index contributed by atoms with van der Waals surface area (Å²) in [5.41, 5.74) is 3.83. The molecule has 0 aliphatic carbocycles. The van der Waals surface area contributed by atoms with E-state index in [1.165, 1.54) is 5.56 Å². The van der Waals surface area contributed by atoms with Crippen LogP contribution in [0.25, 0.3) is 11.0 Å². The number of amides is 1. The fourth-order valence-corrected chi connectivity index (χ4v) is 3.87. The van der Waals surface area contributed by atoms with Crippen LogP contribution in [0.2, 0.25) is 5.02 Å². The van der Waals surface area contributed by atoms with Gasteiger partial charge in [0.15, 0.2) is 0 Å². The summed E-state index contributed by atoms with van der Waals surface area (Å²) in [6, 6.07) is 23.2. The lowest BCUT2D eigenvalue weighted by Gasteiger charge is -2.11. The second-order valence-electron chi connectivity index (χ2n) is 6.75. The summed E-state index contributed by atoms with van der Waals surface area (Å²) in [5, 5.41) is 3.58. The van der Waals surface area contributed by atoms with Crippen molar-refractivity contribution in [3.63, 3.8) is 0 Å². The Bertz CT molecular complexity index is 1150. The zero-order chi connectivity index (χ0) is 20.2. The van der Waals surface area contributed by atoms with Crippen LogP contribution in [-0.4, -0.2) is 22.0 Å². The molecular weight excluding hydrogens is 450 g/mol. The number of fused-ring (bicyclic) bond motifs is 1. The Morgan fingerprint density at radius 1 is 1.03 bits per heavy atom. The zero-order valence-electron chi connectivity index (χ0n) is 15.6. The number of aromatic nitrogens is 2. The number of carbonyl (C=O) groups is 1. The second kappa shape index (κ2) is 8.80. The molecule has 0 radical (unpaired) electrons. The maximum atomic E-state index is 12.3. The van der Waals surface area contributed by atoms with Crippen molar-refractivity contribution < 1.29 is 4.79 Å². The van der Waals surface area contributed by atoms with Crippen LogP contribution < -0.4 is 5.32 Å². The first kappa shape index (κ1) is 19.7. The highest BCUT2D eigenvalue weighted by Crippen LogP contribution is 2.20. The fourth-order valence-electron chi connectivity index (χ4n) is 3.30. The van der Waals surface area contributed by atoms with Gasteiger partial charge in [-0.1, -0.05) is 51.8 Å². The molecule has 0 unspecified atom stereocenters. The molecule has 0 aliphatic heterocycles. The lowest BCUT2D eigenvalue weighted by atomic mass is 10.2. The smallest absolute Gasteiger partial charge is 0.251 e. The molecule has 3 aromatic carbocycles. The molecule has 0 saturated carbocycles. The normalized spacial score (nSPS) is 11.0. The number of nitrogens with zero attached hydrogens (tertiary/aromatic N) is 2. The van der Waals surface area contributed by atoms with Crippen molar-refractivity contribution in [1.29, 1.82) is 0 Å². The summed E-state index contributed by atoms with van der Waals surface area (Å²) >= 11 is 9.43. The van der Waals surface area contributed by atoms with Crippen molar-refractivity contribution in [1.82, 2.24) is 14.9 Å². The molecule has 0 aliphatic rings. The third kappa shape index (κ3) is 4.69. The van der Waals surface area contributed by atoms with Crippen molar-refractivity contribution in [2.45, 2.75) is 13.0 Å². The maximum Gasteiger partial charge on any atom is 0.251 e. The largest absolute Gasteiger partial charge is 0.352 e. The van der Waals surface area contributed by atoms with Gasteiger partial charge >= 0.3 is 0 Å². The predicted molar refractivity (Wildman–Crippen MR) is 120 cm³/mol. The quantitative estimate of drug-likeness (QED) is 0.408. The van der Waals surface area contributed by atoms with Gasteiger partial charge in [-0.05, 0) is 54.1 Å². The van der Waals surface area contributed by atoms with Gasteiger partial charge in [0.1, 0.15) is 5.82 Å². The van der Waals surface area contributed by atoms with E-state index < -0.39 is 0 Å². The molecular formula is C23H19BrClN3O. The minimum absolute atomic E-state index is 0.115. The van der Waals surface area contributed by atoms with Crippen LogP contribution >= 0.6 is 27.5 Å². The maximum absolute atomic E-state index is 12.3. The summed E-state index contributed by atoms with van der Waals surface area (Å²) in [6.45, 7) is 1.23. The van der Waals surface area contributed by atoms with Crippen LogP contribution in [0.1, 0.15) is 21.7 Å². The van der Waals surface area contributed by atoms with Crippen LogP contribution in [0.3, 0.4) is 0 Å². The van der Waals surface area contributed by atoms with Crippen molar-refractivity contribution in [2.24, 2.45) is 0 Å². The van der Waals surface area contributed by atoms with Gasteiger partial charge in [0, 0.05) is 34.6 Å². The van der Waals surface area contributed by atoms with Gasteiger partial charge in [-0.3, -0.25) is 4.79 Å². The van der Waals surface area contributed by atoms with E-state index >= 15 is 0 Å². The summed E-state index contributed by atoms with van der Waals surface area (Å²) in [7, 11) is 0. The van der Waals surface area contributed by atoms with Gasteiger partial charge in [0.25, 0.3) is 5.91 Å². The first-order valence-electron chi connectivity index (χ1n) is 9.32. The molecule has 0 saturated heterocycles. The molecule has 0 spiro atoms. The van der Waals surface area contributed by atoms with E-state index in [-0.39, 0.29) is 5.91 Å². The number of halogens is 2. The van der Waals surface area contributed by atoms with E-state index in [0.717, 1.165) is 27.9 Å². The Balaban J connectivity index is 1.52. The van der Waals surface area contributed by atoms with Crippen LogP contribution in [0.5, 0.6) is 0 Å². The lowest BCUT2D eigenvalue weighted by Crippen LogP contribution is -2.26. The van der Waals surface area contributed by atoms with Gasteiger partial charge in [0.05, 0.1) is 11.0 Å². The average Bonchev–Trinajstić information content (AvgIpc) is 3.06. The van der Waals surface area contributed by atoms with Gasteiger partial charge in [-0.15, -0.1) is 0 Å². The lowest BCUT2D eigenvalue weighted by molar-refractivity contribution is 0.0954. The molecule has 6 heteroatoms. The van der Waals surface area contributed by atoms with Gasteiger partial charge in [-0.25, -0.2) is 4.98 Å². The van der Waals surface area contributed by atoms with Crippen LogP contribution in [0.4, 0.5) is 0 Å². The minimum Gasteiger partial charge on any atom is -0.352 e. The standard InChI is InChI=1S/C23H19BrClN3O/c24-18-5-3-4-16(14-18)15-28-21-7-2-1-6-20(21)27-22(28)12-13-26-23(29)17-8-10-19(25)11-9-17/h1-11,14H,12-13,15H2,(H,26,29). The molecule has 0 atom stereocenters. The van der Waals surface area contributed by atoms with Crippen LogP contribution in [0, 0.1) is 0 Å². The number of hydrogen-bond donors (Lipinski definition) is 1. The Morgan fingerprint density at radius 2 is 1.83 bits per heavy atom. The first-order valence-corrected chi connectivity index (χ1v) is 10.5. The molecule has 1 amide bonds. The van der Waals surface area contributed by atoms with Crippen molar-refractivity contribution in [2.75, 3.05) is 6.54 Å². The fraction of sp³-hybridized carbons (Fsp3) is 0.130. The molecule has 1 heterocycles. The summed E-state index contributed by atoms with van der Waals surface area (Å²) in [5.74, 6) is 0.832. The van der Waals surface area contributed by atoms with E-state index in [1.807, 2.05) is 30.3 Å². The molecule has 4 aromatic rings. The topological polar surface area (TPSA) is 46.9 Å². The Hall–Kier alpha value is -2.63. The van der Waals surface area contributed by atoms with Crippen LogP contribution in [0.15, 0.2) is 77.3 Å². The number of para-hydroxylation sites is 2. The van der Waals surface area contributed by atoms with Crippen molar-refractivity contribution in [3.05, 3.63) is 99.2 Å². The Labute approximate surface area is 182 Å². The molecule has 4 nitrogen and oxygen atoms in total. The number of rotatable bonds is 6. The van der Waals surface area contributed by atoms with E-state index in [2.05, 4.69) is 44.0 Å². The molecule has 29 heavy (non-hydrogen) atoms. The number of benzene rings is 3. The number of hydrogen-bond acceptors (Lipinski definition) is 2. The summed E-state index contributed by atoms with van der Waals surface area (Å²) < 4.78 is 3.27. The third-order valence-corrected chi connectivity index (χ3v) is 5.45. The Morgan fingerprint density at radius 3 is 2.62 bits per heavy atom. The molecule has 1 aromatic heterocycles. The number of nitrogens with one attached hydrogen (secondary N) is 1. The second-order valence-corrected chi connectivity index (χ2v) is 8.10. The molecule has 0 bridgehead atoms.